The summed E-state index contributed by atoms with van der Waals surface area (Å²) in [6.07, 6.45) is 1.66. The molecular weight excluding hydrogens is 270 g/mol. The van der Waals surface area contributed by atoms with Gasteiger partial charge >= 0.3 is 0 Å². The number of benzene rings is 2. The zero-order valence-corrected chi connectivity index (χ0v) is 12.1. The quantitative estimate of drug-likeness (QED) is 0.655. The van der Waals surface area contributed by atoms with Gasteiger partial charge in [-0.05, 0) is 24.4 Å². The van der Waals surface area contributed by atoms with E-state index in [-0.39, 0.29) is 16.9 Å². The van der Waals surface area contributed by atoms with E-state index in [9.17, 15) is 9.90 Å². The van der Waals surface area contributed by atoms with Gasteiger partial charge < -0.3 is 10.4 Å². The fourth-order valence-corrected chi connectivity index (χ4v) is 2.94. The number of phenolic OH excluding ortho intramolecular Hbond substituents is 1. The molecule has 1 atom stereocenters. The summed E-state index contributed by atoms with van der Waals surface area (Å²) in [6.45, 7) is 5.92. The third-order valence-corrected chi connectivity index (χ3v) is 4.13. The minimum Gasteiger partial charge on any atom is -0.507 e. The van der Waals surface area contributed by atoms with Crippen LogP contribution in [0.15, 0.2) is 53.9 Å². The zero-order valence-electron chi connectivity index (χ0n) is 11.3. The second-order valence-corrected chi connectivity index (χ2v) is 5.80. The summed E-state index contributed by atoms with van der Waals surface area (Å²) in [5, 5.41) is 14.2. The number of carbonyl (C=O) groups excluding carboxylic acids is 1. The van der Waals surface area contributed by atoms with Crippen molar-refractivity contribution < 1.29 is 9.90 Å². The number of fused-ring (bicyclic) bond motifs is 1. The molecular formula is C16H17NO2S. The van der Waals surface area contributed by atoms with Gasteiger partial charge in [-0.3, -0.25) is 4.79 Å². The van der Waals surface area contributed by atoms with Crippen LogP contribution in [0.25, 0.3) is 10.8 Å². The third-order valence-electron chi connectivity index (χ3n) is 2.95. The summed E-state index contributed by atoms with van der Waals surface area (Å²) in [4.78, 5) is 12.9. The minimum atomic E-state index is -0.206. The number of thioether (sulfide) groups is 1. The summed E-state index contributed by atoms with van der Waals surface area (Å²) >= 11 is 1.48. The van der Waals surface area contributed by atoms with E-state index in [1.807, 2.05) is 37.3 Å². The number of phenols is 1. The maximum atomic E-state index is 11.9. The van der Waals surface area contributed by atoms with Gasteiger partial charge in [0.15, 0.2) is 0 Å². The average molecular weight is 287 g/mol. The molecule has 1 amide bonds. The molecule has 0 saturated heterocycles. The van der Waals surface area contributed by atoms with Crippen molar-refractivity contribution in [2.75, 3.05) is 6.54 Å². The molecule has 2 aromatic rings. The molecule has 0 bridgehead atoms. The van der Waals surface area contributed by atoms with Gasteiger partial charge in [0.1, 0.15) is 5.75 Å². The van der Waals surface area contributed by atoms with Gasteiger partial charge in [-0.25, -0.2) is 0 Å². The molecule has 2 rings (SSSR count). The van der Waals surface area contributed by atoms with E-state index in [1.165, 1.54) is 11.8 Å². The molecule has 0 saturated carbocycles. The van der Waals surface area contributed by atoms with E-state index in [0.717, 1.165) is 15.7 Å². The van der Waals surface area contributed by atoms with Crippen LogP contribution in [0.2, 0.25) is 0 Å². The van der Waals surface area contributed by atoms with Gasteiger partial charge in [-0.15, -0.1) is 18.3 Å². The number of hydrogen-bond donors (Lipinski definition) is 2. The lowest BCUT2D eigenvalue weighted by molar-refractivity contribution is -0.120. The lowest BCUT2D eigenvalue weighted by Gasteiger charge is -2.13. The van der Waals surface area contributed by atoms with Crippen molar-refractivity contribution in [1.82, 2.24) is 5.32 Å². The fraction of sp³-hybridized carbons (Fsp3) is 0.188. The molecule has 0 aromatic heterocycles. The van der Waals surface area contributed by atoms with E-state index < -0.39 is 0 Å². The predicted octanol–water partition coefficient (Wildman–Crippen LogP) is 3.33. The molecule has 0 fully saturated rings. The van der Waals surface area contributed by atoms with Crippen LogP contribution in [0.1, 0.15) is 6.92 Å². The van der Waals surface area contributed by atoms with Gasteiger partial charge in [-0.1, -0.05) is 30.3 Å². The molecule has 0 aliphatic rings. The SMILES string of the molecule is C=CCNC(=O)C(C)Sc1ccc(O)c2ccccc12. The highest BCUT2D eigenvalue weighted by Crippen LogP contribution is 2.35. The summed E-state index contributed by atoms with van der Waals surface area (Å²) in [6, 6.07) is 11.1. The van der Waals surface area contributed by atoms with Crippen molar-refractivity contribution in [1.29, 1.82) is 0 Å². The first-order valence-electron chi connectivity index (χ1n) is 6.39. The first-order chi connectivity index (χ1) is 9.63. The standard InChI is InChI=1S/C16H17NO2S/c1-3-10-17-16(19)11(2)20-15-9-8-14(18)12-6-4-5-7-13(12)15/h3-9,11,18H,1,10H2,2H3,(H,17,19). The minimum absolute atomic E-state index is 0.0212. The highest BCUT2D eigenvalue weighted by molar-refractivity contribution is 8.00. The van der Waals surface area contributed by atoms with Crippen LogP contribution in [-0.2, 0) is 4.79 Å². The number of nitrogens with one attached hydrogen (secondary N) is 1. The monoisotopic (exact) mass is 287 g/mol. The number of hydrogen-bond acceptors (Lipinski definition) is 3. The van der Waals surface area contributed by atoms with E-state index in [2.05, 4.69) is 11.9 Å². The molecule has 0 spiro atoms. The van der Waals surface area contributed by atoms with Gasteiger partial charge in [0.05, 0.1) is 5.25 Å². The number of rotatable bonds is 5. The Labute approximate surface area is 122 Å². The summed E-state index contributed by atoms with van der Waals surface area (Å²) in [5.41, 5.74) is 0. The van der Waals surface area contributed by atoms with Crippen molar-refractivity contribution in [3.05, 3.63) is 49.1 Å². The van der Waals surface area contributed by atoms with Crippen LogP contribution < -0.4 is 5.32 Å². The van der Waals surface area contributed by atoms with Gasteiger partial charge in [0.25, 0.3) is 0 Å². The molecule has 1 unspecified atom stereocenters. The van der Waals surface area contributed by atoms with Crippen molar-refractivity contribution in [3.8, 4) is 5.75 Å². The van der Waals surface area contributed by atoms with E-state index >= 15 is 0 Å². The van der Waals surface area contributed by atoms with Crippen molar-refractivity contribution in [3.63, 3.8) is 0 Å². The molecule has 0 aliphatic carbocycles. The Kier molecular flexibility index (Phi) is 4.69. The summed E-state index contributed by atoms with van der Waals surface area (Å²) in [7, 11) is 0. The molecule has 2 N–H and O–H groups in total. The second kappa shape index (κ2) is 6.48. The topological polar surface area (TPSA) is 49.3 Å². The Bertz CT molecular complexity index is 639. The van der Waals surface area contributed by atoms with E-state index in [0.29, 0.717) is 6.54 Å². The zero-order chi connectivity index (χ0) is 14.5. The van der Waals surface area contributed by atoms with Crippen molar-refractivity contribution >= 4 is 28.4 Å². The Morgan fingerprint density at radius 2 is 2.05 bits per heavy atom. The number of amides is 1. The first kappa shape index (κ1) is 14.5. The average Bonchev–Trinajstić information content (AvgIpc) is 2.47. The maximum absolute atomic E-state index is 11.9. The molecule has 0 heterocycles. The first-order valence-corrected chi connectivity index (χ1v) is 7.27. The van der Waals surface area contributed by atoms with Crippen molar-refractivity contribution in [2.24, 2.45) is 0 Å². The molecule has 20 heavy (non-hydrogen) atoms. The van der Waals surface area contributed by atoms with Crippen LogP contribution in [-0.4, -0.2) is 22.8 Å². The third kappa shape index (κ3) is 3.14. The molecule has 2 aromatic carbocycles. The molecule has 104 valence electrons. The largest absolute Gasteiger partial charge is 0.507 e. The van der Waals surface area contributed by atoms with Crippen molar-refractivity contribution in [2.45, 2.75) is 17.1 Å². The van der Waals surface area contributed by atoms with Gasteiger partial charge in [-0.2, -0.15) is 0 Å². The van der Waals surface area contributed by atoms with Crippen LogP contribution in [0.4, 0.5) is 0 Å². The lowest BCUT2D eigenvalue weighted by Crippen LogP contribution is -2.30. The Balaban J connectivity index is 2.24. The smallest absolute Gasteiger partial charge is 0.233 e. The maximum Gasteiger partial charge on any atom is 0.233 e. The van der Waals surface area contributed by atoms with Gasteiger partial charge in [0.2, 0.25) is 5.91 Å². The number of aromatic hydroxyl groups is 1. The highest BCUT2D eigenvalue weighted by Gasteiger charge is 2.15. The highest BCUT2D eigenvalue weighted by atomic mass is 32.2. The lowest BCUT2D eigenvalue weighted by atomic mass is 10.1. The molecule has 0 radical (unpaired) electrons. The Morgan fingerprint density at radius 3 is 2.75 bits per heavy atom. The molecule has 0 aliphatic heterocycles. The number of carbonyl (C=O) groups is 1. The predicted molar refractivity (Wildman–Crippen MR) is 84.1 cm³/mol. The van der Waals surface area contributed by atoms with Crippen LogP contribution >= 0.6 is 11.8 Å². The van der Waals surface area contributed by atoms with E-state index in [1.54, 1.807) is 12.1 Å². The van der Waals surface area contributed by atoms with Crippen LogP contribution in [0.5, 0.6) is 5.75 Å². The Hall–Kier alpha value is -1.94. The second-order valence-electron chi connectivity index (χ2n) is 4.42. The van der Waals surface area contributed by atoms with Gasteiger partial charge in [0, 0.05) is 16.8 Å². The van der Waals surface area contributed by atoms with Crippen LogP contribution in [0, 0.1) is 0 Å². The normalized spacial score (nSPS) is 12.1. The van der Waals surface area contributed by atoms with E-state index in [4.69, 9.17) is 0 Å². The Morgan fingerprint density at radius 1 is 1.35 bits per heavy atom. The summed E-state index contributed by atoms with van der Waals surface area (Å²) in [5.74, 6) is 0.237. The van der Waals surface area contributed by atoms with Crippen LogP contribution in [0.3, 0.4) is 0 Å². The molecule has 3 nitrogen and oxygen atoms in total. The molecule has 4 heteroatoms. The summed E-state index contributed by atoms with van der Waals surface area (Å²) < 4.78 is 0. The fourth-order valence-electron chi connectivity index (χ4n) is 1.92.